The van der Waals surface area contributed by atoms with E-state index in [1.165, 1.54) is 34.1 Å². The van der Waals surface area contributed by atoms with E-state index in [0.29, 0.717) is 29.9 Å². The van der Waals surface area contributed by atoms with Gasteiger partial charge in [-0.1, -0.05) is 18.0 Å². The van der Waals surface area contributed by atoms with Crippen molar-refractivity contribution in [2.24, 2.45) is 14.1 Å². The van der Waals surface area contributed by atoms with Crippen molar-refractivity contribution in [3.63, 3.8) is 0 Å². The highest BCUT2D eigenvalue weighted by molar-refractivity contribution is 7.89. The number of fused-ring (bicyclic) bond motifs is 1. The van der Waals surface area contributed by atoms with Crippen LogP contribution < -0.4 is 11.2 Å². The molecule has 0 saturated carbocycles. The van der Waals surface area contributed by atoms with Crippen molar-refractivity contribution in [3.8, 4) is 0 Å². The second-order valence-corrected chi connectivity index (χ2v) is 9.62. The molecular formula is C20H24N4O5S. The summed E-state index contributed by atoms with van der Waals surface area (Å²) in [7, 11) is -0.972. The molecule has 0 spiro atoms. The Bertz CT molecular complexity index is 1340. The molecule has 0 bridgehead atoms. The molecule has 0 radical (unpaired) electrons. The van der Waals surface area contributed by atoms with Crippen LogP contribution in [0.25, 0.3) is 10.9 Å². The summed E-state index contributed by atoms with van der Waals surface area (Å²) in [6.07, 6.45) is 3.22. The Morgan fingerprint density at radius 2 is 1.83 bits per heavy atom. The van der Waals surface area contributed by atoms with Crippen LogP contribution in [-0.2, 0) is 24.1 Å². The summed E-state index contributed by atoms with van der Waals surface area (Å²) in [5.41, 5.74) is 0.000417. The van der Waals surface area contributed by atoms with E-state index in [0.717, 1.165) is 23.8 Å². The van der Waals surface area contributed by atoms with Crippen LogP contribution in [-0.4, -0.2) is 33.6 Å². The number of hydrogen-bond donors (Lipinski definition) is 0. The van der Waals surface area contributed by atoms with Gasteiger partial charge < -0.3 is 4.52 Å². The fourth-order valence-corrected chi connectivity index (χ4v) is 5.77. The van der Waals surface area contributed by atoms with Gasteiger partial charge in [-0.05, 0) is 38.0 Å². The third kappa shape index (κ3) is 3.29. The molecule has 1 unspecified atom stereocenters. The van der Waals surface area contributed by atoms with Gasteiger partial charge in [0.1, 0.15) is 11.5 Å². The quantitative estimate of drug-likeness (QED) is 0.625. The van der Waals surface area contributed by atoms with Gasteiger partial charge in [0.2, 0.25) is 10.0 Å². The molecule has 3 aromatic rings. The maximum Gasteiger partial charge on any atom is 0.330 e. The highest BCUT2D eigenvalue weighted by Gasteiger charge is 2.35. The summed E-state index contributed by atoms with van der Waals surface area (Å²) in [4.78, 5) is 24.8. The van der Waals surface area contributed by atoms with Gasteiger partial charge in [0.05, 0.1) is 21.8 Å². The highest BCUT2D eigenvalue weighted by atomic mass is 32.2. The first kappa shape index (κ1) is 20.5. The summed E-state index contributed by atoms with van der Waals surface area (Å²) >= 11 is 0. The number of aryl methyl sites for hydroxylation is 2. The van der Waals surface area contributed by atoms with Crippen molar-refractivity contribution in [1.29, 1.82) is 0 Å². The van der Waals surface area contributed by atoms with Gasteiger partial charge in [0, 0.05) is 26.7 Å². The maximum absolute atomic E-state index is 13.6. The Labute approximate surface area is 173 Å². The molecule has 1 saturated heterocycles. The molecule has 1 aliphatic heterocycles. The van der Waals surface area contributed by atoms with Crippen LogP contribution in [0.15, 0.2) is 43.3 Å². The van der Waals surface area contributed by atoms with Gasteiger partial charge in [-0.15, -0.1) is 0 Å². The van der Waals surface area contributed by atoms with Gasteiger partial charge >= 0.3 is 5.69 Å². The lowest BCUT2D eigenvalue weighted by Crippen LogP contribution is -2.37. The Morgan fingerprint density at radius 3 is 2.53 bits per heavy atom. The van der Waals surface area contributed by atoms with Crippen molar-refractivity contribution >= 4 is 20.9 Å². The number of nitrogens with zero attached hydrogens (tertiary/aromatic N) is 4. The minimum atomic E-state index is -3.90. The van der Waals surface area contributed by atoms with Gasteiger partial charge in [0.15, 0.2) is 0 Å². The number of sulfonamides is 1. The molecule has 1 aromatic carbocycles. The van der Waals surface area contributed by atoms with E-state index in [1.54, 1.807) is 20.0 Å². The van der Waals surface area contributed by atoms with Gasteiger partial charge in [0.25, 0.3) is 5.56 Å². The van der Waals surface area contributed by atoms with E-state index in [2.05, 4.69) is 5.16 Å². The largest absolute Gasteiger partial charge is 0.361 e. The molecule has 0 N–H and O–H groups in total. The van der Waals surface area contributed by atoms with Crippen molar-refractivity contribution in [2.45, 2.75) is 43.5 Å². The first-order valence-electron chi connectivity index (χ1n) is 9.86. The van der Waals surface area contributed by atoms with Gasteiger partial charge in [-0.25, -0.2) is 13.2 Å². The number of rotatable bonds is 3. The van der Waals surface area contributed by atoms with Crippen LogP contribution in [0.5, 0.6) is 0 Å². The van der Waals surface area contributed by atoms with Crippen LogP contribution in [0.3, 0.4) is 0 Å². The first-order valence-corrected chi connectivity index (χ1v) is 11.3. The smallest absolute Gasteiger partial charge is 0.330 e. The van der Waals surface area contributed by atoms with Crippen molar-refractivity contribution in [1.82, 2.24) is 18.6 Å². The van der Waals surface area contributed by atoms with E-state index in [1.807, 2.05) is 0 Å². The van der Waals surface area contributed by atoms with E-state index in [9.17, 15) is 18.0 Å². The van der Waals surface area contributed by atoms with Crippen molar-refractivity contribution in [2.75, 3.05) is 6.54 Å². The lowest BCUT2D eigenvalue weighted by molar-refractivity contribution is 0.304. The predicted octanol–water partition coefficient (Wildman–Crippen LogP) is 1.84. The lowest BCUT2D eigenvalue weighted by atomic mass is 10.1. The average Bonchev–Trinajstić information content (AvgIpc) is 3.00. The molecule has 160 valence electrons. The second-order valence-electron chi connectivity index (χ2n) is 7.73. The van der Waals surface area contributed by atoms with E-state index < -0.39 is 27.3 Å². The summed E-state index contributed by atoms with van der Waals surface area (Å²) in [5, 5.41) is 4.25. The Hall–Kier alpha value is -2.72. The predicted molar refractivity (Wildman–Crippen MR) is 111 cm³/mol. The molecule has 4 rings (SSSR count). The minimum Gasteiger partial charge on any atom is -0.361 e. The zero-order chi connectivity index (χ0) is 21.6. The molecule has 0 aliphatic carbocycles. The lowest BCUT2D eigenvalue weighted by Gasteiger charge is -2.27. The Kier molecular flexibility index (Phi) is 5.15. The zero-order valence-corrected chi connectivity index (χ0v) is 18.0. The molecular weight excluding hydrogens is 408 g/mol. The van der Waals surface area contributed by atoms with Gasteiger partial charge in [-0.2, -0.15) is 4.31 Å². The summed E-state index contributed by atoms with van der Waals surface area (Å²) in [5.74, 6) is 0.627. The normalized spacial score (nSPS) is 18.6. The standard InChI is InChI=1S/C20H24N4O5S/c1-13-11-16(21-29-13)18-7-5-4-6-10-24(18)30(27,28)14-8-9-17-15(12-14)19(25)23(3)20(26)22(17)2/h8-9,11-12,18H,4-7,10H2,1-3H3. The average molecular weight is 433 g/mol. The molecule has 9 nitrogen and oxygen atoms in total. The van der Waals surface area contributed by atoms with Crippen LogP contribution >= 0.6 is 0 Å². The van der Waals surface area contributed by atoms with Crippen LogP contribution in [0.2, 0.25) is 0 Å². The topological polar surface area (TPSA) is 107 Å². The molecule has 3 heterocycles. The third-order valence-electron chi connectivity index (χ3n) is 5.74. The number of hydrogen-bond acceptors (Lipinski definition) is 6. The fourth-order valence-electron chi connectivity index (χ4n) is 4.08. The molecule has 1 atom stereocenters. The SMILES string of the molecule is Cc1cc(C2CCCCCN2S(=O)(=O)c2ccc3c(c2)c(=O)n(C)c(=O)n3C)no1. The first-order chi connectivity index (χ1) is 14.2. The number of aromatic nitrogens is 3. The second kappa shape index (κ2) is 7.51. The summed E-state index contributed by atoms with van der Waals surface area (Å²) in [6.45, 7) is 2.14. The molecule has 10 heteroatoms. The van der Waals surface area contributed by atoms with E-state index in [-0.39, 0.29) is 10.3 Å². The zero-order valence-electron chi connectivity index (χ0n) is 17.2. The Morgan fingerprint density at radius 1 is 1.07 bits per heavy atom. The fraction of sp³-hybridized carbons (Fsp3) is 0.450. The molecule has 2 aromatic heterocycles. The van der Waals surface area contributed by atoms with E-state index in [4.69, 9.17) is 4.52 Å². The van der Waals surface area contributed by atoms with Gasteiger partial charge in [-0.3, -0.25) is 13.9 Å². The minimum absolute atomic E-state index is 0.0258. The van der Waals surface area contributed by atoms with Crippen LogP contribution in [0, 0.1) is 6.92 Å². The van der Waals surface area contributed by atoms with Crippen molar-refractivity contribution < 1.29 is 12.9 Å². The highest BCUT2D eigenvalue weighted by Crippen LogP contribution is 2.34. The third-order valence-corrected chi connectivity index (χ3v) is 7.64. The molecule has 1 fully saturated rings. The molecule has 0 amide bonds. The van der Waals surface area contributed by atoms with E-state index >= 15 is 0 Å². The number of benzene rings is 1. The van der Waals surface area contributed by atoms with Crippen LogP contribution in [0.4, 0.5) is 0 Å². The monoisotopic (exact) mass is 432 g/mol. The summed E-state index contributed by atoms with van der Waals surface area (Å²) < 4.78 is 36.2. The molecule has 30 heavy (non-hydrogen) atoms. The van der Waals surface area contributed by atoms with Crippen molar-refractivity contribution in [3.05, 3.63) is 56.6 Å². The maximum atomic E-state index is 13.6. The Balaban J connectivity index is 1.86. The summed E-state index contributed by atoms with van der Waals surface area (Å²) in [6, 6.07) is 5.67. The molecule has 1 aliphatic rings. The van der Waals surface area contributed by atoms with Crippen LogP contribution in [0.1, 0.15) is 43.2 Å².